The molecule has 0 amide bonds. The van der Waals surface area contributed by atoms with Crippen molar-refractivity contribution < 1.29 is 9.85 Å². The fraction of sp³-hybridized carbons (Fsp3) is 0.200. The predicted molar refractivity (Wildman–Crippen MR) is 57.2 cm³/mol. The van der Waals surface area contributed by atoms with Crippen LogP contribution in [-0.4, -0.2) is 16.4 Å². The Morgan fingerprint density at radius 3 is 2.25 bits per heavy atom. The van der Waals surface area contributed by atoms with Crippen LogP contribution >= 0.6 is 0 Å². The van der Waals surface area contributed by atoms with Crippen LogP contribution in [0, 0.1) is 20.2 Å². The van der Waals surface area contributed by atoms with Crippen molar-refractivity contribution in [1.82, 2.24) is 0 Å². The Labute approximate surface area is 91.5 Å². The van der Waals surface area contributed by atoms with Gasteiger partial charge in [-0.2, -0.15) is 0 Å². The lowest BCUT2D eigenvalue weighted by Crippen LogP contribution is -2.18. The summed E-state index contributed by atoms with van der Waals surface area (Å²) in [6.45, 7) is 2.76. The van der Waals surface area contributed by atoms with Crippen LogP contribution in [0.1, 0.15) is 11.5 Å². The fourth-order valence-corrected chi connectivity index (χ4v) is 1.36. The molecule has 0 spiro atoms. The van der Waals surface area contributed by atoms with Gasteiger partial charge in [-0.25, -0.2) is 0 Å². The second kappa shape index (κ2) is 5.01. The molecule has 0 saturated carbocycles. The molecular weight excluding hydrogens is 212 g/mol. The van der Waals surface area contributed by atoms with Gasteiger partial charge in [0.05, 0.1) is 4.92 Å². The zero-order valence-electron chi connectivity index (χ0n) is 8.41. The summed E-state index contributed by atoms with van der Waals surface area (Å²) in [6.07, 6.45) is 0. The molecule has 0 fully saturated rings. The standard InChI is InChI=1S/C10H10N2O4/c1-8(12(15)16)10(7-11(13)14)9-5-3-2-4-6-9/h2-6,10H,1,7H2. The van der Waals surface area contributed by atoms with Gasteiger partial charge in [-0.3, -0.25) is 20.2 Å². The van der Waals surface area contributed by atoms with Crippen molar-refractivity contribution in [2.24, 2.45) is 0 Å². The molecule has 1 unspecified atom stereocenters. The second-order valence-electron chi connectivity index (χ2n) is 3.23. The second-order valence-corrected chi connectivity index (χ2v) is 3.23. The quantitative estimate of drug-likeness (QED) is 0.561. The van der Waals surface area contributed by atoms with E-state index in [1.165, 1.54) is 0 Å². The molecule has 6 heteroatoms. The highest BCUT2D eigenvalue weighted by Gasteiger charge is 2.28. The summed E-state index contributed by atoms with van der Waals surface area (Å²) in [5.41, 5.74) is 0.170. The maximum absolute atomic E-state index is 10.6. The third-order valence-corrected chi connectivity index (χ3v) is 2.17. The third kappa shape index (κ3) is 2.88. The Morgan fingerprint density at radius 1 is 1.25 bits per heavy atom. The molecule has 84 valence electrons. The molecule has 0 saturated heterocycles. The Hall–Kier alpha value is -2.24. The Bertz CT molecular complexity index is 416. The monoisotopic (exact) mass is 222 g/mol. The normalized spacial score (nSPS) is 11.8. The zero-order valence-corrected chi connectivity index (χ0v) is 8.41. The molecule has 1 atom stereocenters. The van der Waals surface area contributed by atoms with Crippen LogP contribution in [0.3, 0.4) is 0 Å². The first-order chi connectivity index (χ1) is 7.52. The number of nitro groups is 2. The van der Waals surface area contributed by atoms with Crippen molar-refractivity contribution in [3.63, 3.8) is 0 Å². The number of nitrogens with zero attached hydrogens (tertiary/aromatic N) is 2. The van der Waals surface area contributed by atoms with Crippen molar-refractivity contribution in [2.45, 2.75) is 5.92 Å². The number of hydrogen-bond acceptors (Lipinski definition) is 4. The van der Waals surface area contributed by atoms with Crippen LogP contribution in [-0.2, 0) is 0 Å². The average molecular weight is 222 g/mol. The van der Waals surface area contributed by atoms with Gasteiger partial charge in [-0.05, 0) is 12.1 Å². The largest absolute Gasteiger partial charge is 0.265 e. The molecule has 6 nitrogen and oxygen atoms in total. The van der Waals surface area contributed by atoms with Gasteiger partial charge in [0.1, 0.15) is 5.92 Å². The first-order valence-electron chi connectivity index (χ1n) is 4.52. The zero-order chi connectivity index (χ0) is 12.1. The molecule has 0 aliphatic heterocycles. The Kier molecular flexibility index (Phi) is 3.71. The number of benzene rings is 1. The summed E-state index contributed by atoms with van der Waals surface area (Å²) in [5.74, 6) is -0.883. The van der Waals surface area contributed by atoms with E-state index in [2.05, 4.69) is 6.58 Å². The Morgan fingerprint density at radius 2 is 1.81 bits per heavy atom. The van der Waals surface area contributed by atoms with Crippen LogP contribution in [0.2, 0.25) is 0 Å². The van der Waals surface area contributed by atoms with Crippen LogP contribution in [0.5, 0.6) is 0 Å². The molecule has 1 aromatic carbocycles. The van der Waals surface area contributed by atoms with Gasteiger partial charge in [0.25, 0.3) is 5.70 Å². The molecule has 1 aromatic rings. The number of rotatable bonds is 5. The minimum atomic E-state index is -0.883. The highest BCUT2D eigenvalue weighted by molar-refractivity contribution is 5.25. The highest BCUT2D eigenvalue weighted by Crippen LogP contribution is 2.23. The molecule has 0 aromatic heterocycles. The first-order valence-corrected chi connectivity index (χ1v) is 4.52. The Balaban J connectivity index is 3.01. The summed E-state index contributed by atoms with van der Waals surface area (Å²) in [6, 6.07) is 8.32. The molecule has 0 heterocycles. The summed E-state index contributed by atoms with van der Waals surface area (Å²) in [7, 11) is 0. The van der Waals surface area contributed by atoms with Crippen molar-refractivity contribution in [3.8, 4) is 0 Å². The summed E-state index contributed by atoms with van der Waals surface area (Å²) in [4.78, 5) is 19.8. The average Bonchev–Trinajstić information content (AvgIpc) is 2.26. The van der Waals surface area contributed by atoms with E-state index in [-0.39, 0.29) is 5.70 Å². The summed E-state index contributed by atoms with van der Waals surface area (Å²) >= 11 is 0. The van der Waals surface area contributed by atoms with E-state index in [0.29, 0.717) is 5.56 Å². The molecule has 16 heavy (non-hydrogen) atoms. The van der Waals surface area contributed by atoms with Crippen molar-refractivity contribution in [2.75, 3.05) is 6.54 Å². The van der Waals surface area contributed by atoms with Gasteiger partial charge >= 0.3 is 0 Å². The molecule has 1 rings (SSSR count). The smallest absolute Gasteiger partial charge is 0.253 e. The fourth-order valence-electron chi connectivity index (χ4n) is 1.36. The van der Waals surface area contributed by atoms with Crippen molar-refractivity contribution in [1.29, 1.82) is 0 Å². The number of hydrogen-bond donors (Lipinski definition) is 0. The molecular formula is C10H10N2O4. The highest BCUT2D eigenvalue weighted by atomic mass is 16.6. The predicted octanol–water partition coefficient (Wildman–Crippen LogP) is 1.84. The minimum Gasteiger partial charge on any atom is -0.265 e. The molecule has 0 bridgehead atoms. The lowest BCUT2D eigenvalue weighted by molar-refractivity contribution is -0.494. The molecule has 0 aliphatic carbocycles. The van der Waals surface area contributed by atoms with E-state index >= 15 is 0 Å². The van der Waals surface area contributed by atoms with Crippen LogP contribution in [0.4, 0.5) is 0 Å². The van der Waals surface area contributed by atoms with Crippen LogP contribution < -0.4 is 0 Å². The van der Waals surface area contributed by atoms with Crippen LogP contribution in [0.25, 0.3) is 0 Å². The van der Waals surface area contributed by atoms with E-state index in [1.54, 1.807) is 30.3 Å². The van der Waals surface area contributed by atoms with Gasteiger partial charge in [0.2, 0.25) is 6.54 Å². The van der Waals surface area contributed by atoms with Crippen LogP contribution in [0.15, 0.2) is 42.6 Å². The van der Waals surface area contributed by atoms with Gasteiger partial charge in [0, 0.05) is 4.92 Å². The van der Waals surface area contributed by atoms with Gasteiger partial charge in [0.15, 0.2) is 0 Å². The SMILES string of the molecule is C=C(C(C[N+](=O)[O-])c1ccccc1)[N+](=O)[O-]. The summed E-state index contributed by atoms with van der Waals surface area (Å²) < 4.78 is 0. The molecule has 0 radical (unpaired) electrons. The lowest BCUT2D eigenvalue weighted by Gasteiger charge is -2.09. The maximum Gasteiger partial charge on any atom is 0.253 e. The van der Waals surface area contributed by atoms with E-state index in [0.717, 1.165) is 0 Å². The lowest BCUT2D eigenvalue weighted by atomic mass is 9.97. The van der Waals surface area contributed by atoms with Gasteiger partial charge in [-0.1, -0.05) is 30.3 Å². The summed E-state index contributed by atoms with van der Waals surface area (Å²) in [5, 5.41) is 21.0. The van der Waals surface area contributed by atoms with E-state index in [9.17, 15) is 20.2 Å². The molecule has 0 aliphatic rings. The van der Waals surface area contributed by atoms with E-state index in [4.69, 9.17) is 0 Å². The van der Waals surface area contributed by atoms with Crippen molar-refractivity contribution in [3.05, 3.63) is 68.4 Å². The maximum atomic E-state index is 10.6. The van der Waals surface area contributed by atoms with E-state index < -0.39 is 22.3 Å². The van der Waals surface area contributed by atoms with E-state index in [1.807, 2.05) is 0 Å². The van der Waals surface area contributed by atoms with Gasteiger partial charge in [-0.15, -0.1) is 0 Å². The molecule has 0 N–H and O–H groups in total. The third-order valence-electron chi connectivity index (χ3n) is 2.17. The van der Waals surface area contributed by atoms with Crippen molar-refractivity contribution >= 4 is 0 Å². The van der Waals surface area contributed by atoms with Gasteiger partial charge < -0.3 is 0 Å². The first kappa shape index (κ1) is 11.8. The minimum absolute atomic E-state index is 0.358. The topological polar surface area (TPSA) is 86.3 Å².